The van der Waals surface area contributed by atoms with Crippen LogP contribution in [0.15, 0.2) is 61.2 Å². The van der Waals surface area contributed by atoms with Crippen molar-refractivity contribution in [1.82, 2.24) is 0 Å². The summed E-state index contributed by atoms with van der Waals surface area (Å²) in [6, 6.07) is 16.2. The standard InChI is InChI=1S/C29H42O5S/c1-2-3-4-5-6-7-9-15-23-33-27-21-18-22-28(29(27)26-19-13-12-14-20-26)34-24-16-10-8-11-17-25-35(30,31)32/h2,12-14,18-22H,1,3-11,15-17,23-25H2,(H,30,31,32). The number of rotatable bonds is 20. The van der Waals surface area contributed by atoms with Gasteiger partial charge in [-0.3, -0.25) is 4.55 Å². The van der Waals surface area contributed by atoms with E-state index in [1.165, 1.54) is 32.1 Å². The van der Waals surface area contributed by atoms with E-state index in [0.717, 1.165) is 61.2 Å². The number of hydrogen-bond donors (Lipinski definition) is 1. The summed E-state index contributed by atoms with van der Waals surface area (Å²) >= 11 is 0. The second-order valence-electron chi connectivity index (χ2n) is 8.94. The van der Waals surface area contributed by atoms with E-state index in [0.29, 0.717) is 19.6 Å². The fourth-order valence-corrected chi connectivity index (χ4v) is 4.59. The molecule has 2 rings (SSSR count). The molecule has 0 bridgehead atoms. The van der Waals surface area contributed by atoms with Crippen LogP contribution in [0.3, 0.4) is 0 Å². The largest absolute Gasteiger partial charge is 0.493 e. The van der Waals surface area contributed by atoms with Crippen molar-refractivity contribution in [2.75, 3.05) is 19.0 Å². The quantitative estimate of drug-likeness (QED) is 0.113. The number of allylic oxidation sites excluding steroid dienone is 1. The SMILES string of the molecule is C=CCCCCCCCCOc1cccc(OCCCCCCCS(=O)(=O)O)c1-c1ccccc1. The number of benzene rings is 2. The number of ether oxygens (including phenoxy) is 2. The first kappa shape index (κ1) is 28.9. The second-order valence-corrected chi connectivity index (χ2v) is 10.5. The highest BCUT2D eigenvalue weighted by atomic mass is 32.2. The smallest absolute Gasteiger partial charge is 0.264 e. The van der Waals surface area contributed by atoms with Gasteiger partial charge in [0.05, 0.1) is 24.5 Å². The summed E-state index contributed by atoms with van der Waals surface area (Å²) in [4.78, 5) is 0. The molecule has 0 unspecified atom stereocenters. The van der Waals surface area contributed by atoms with Crippen molar-refractivity contribution in [3.8, 4) is 22.6 Å². The van der Waals surface area contributed by atoms with Crippen molar-refractivity contribution in [1.29, 1.82) is 0 Å². The summed E-state index contributed by atoms with van der Waals surface area (Å²) in [5.41, 5.74) is 2.07. The van der Waals surface area contributed by atoms with Crippen LogP contribution in [0.2, 0.25) is 0 Å². The van der Waals surface area contributed by atoms with Crippen LogP contribution >= 0.6 is 0 Å². The molecule has 0 aliphatic rings. The molecule has 194 valence electrons. The van der Waals surface area contributed by atoms with Gasteiger partial charge in [0, 0.05) is 0 Å². The van der Waals surface area contributed by atoms with Gasteiger partial charge in [0.2, 0.25) is 0 Å². The zero-order chi connectivity index (χ0) is 25.2. The number of unbranched alkanes of at least 4 members (excludes halogenated alkanes) is 10. The fourth-order valence-electron chi connectivity index (χ4n) is 4.02. The minimum Gasteiger partial charge on any atom is -0.493 e. The van der Waals surface area contributed by atoms with Gasteiger partial charge in [-0.25, -0.2) is 0 Å². The van der Waals surface area contributed by atoms with Gasteiger partial charge >= 0.3 is 0 Å². The third-order valence-corrected chi connectivity index (χ3v) is 6.72. The van der Waals surface area contributed by atoms with Gasteiger partial charge in [0.25, 0.3) is 10.1 Å². The minimum atomic E-state index is -3.85. The molecule has 0 spiro atoms. The van der Waals surface area contributed by atoms with Gasteiger partial charge in [0.1, 0.15) is 11.5 Å². The molecule has 35 heavy (non-hydrogen) atoms. The molecular formula is C29H42O5S. The lowest BCUT2D eigenvalue weighted by Crippen LogP contribution is -2.04. The molecule has 0 heterocycles. The maximum atomic E-state index is 10.8. The monoisotopic (exact) mass is 502 g/mol. The zero-order valence-corrected chi connectivity index (χ0v) is 21.8. The van der Waals surface area contributed by atoms with E-state index >= 15 is 0 Å². The summed E-state index contributed by atoms with van der Waals surface area (Å²) in [7, 11) is -3.85. The topological polar surface area (TPSA) is 72.8 Å². The van der Waals surface area contributed by atoms with E-state index in [1.807, 2.05) is 42.5 Å². The predicted octanol–water partition coefficient (Wildman–Crippen LogP) is 7.87. The van der Waals surface area contributed by atoms with E-state index < -0.39 is 10.1 Å². The Bertz CT molecular complexity index is 941. The lowest BCUT2D eigenvalue weighted by Gasteiger charge is -2.17. The molecule has 0 aliphatic carbocycles. The van der Waals surface area contributed by atoms with Crippen LogP contribution in [0.5, 0.6) is 11.5 Å². The highest BCUT2D eigenvalue weighted by molar-refractivity contribution is 7.85. The summed E-state index contributed by atoms with van der Waals surface area (Å²) in [5.74, 6) is 1.51. The van der Waals surface area contributed by atoms with Crippen molar-refractivity contribution < 1.29 is 22.4 Å². The normalized spacial score (nSPS) is 11.3. The molecule has 0 saturated carbocycles. The van der Waals surface area contributed by atoms with Crippen LogP contribution < -0.4 is 9.47 Å². The molecule has 0 fully saturated rings. The van der Waals surface area contributed by atoms with Crippen molar-refractivity contribution >= 4 is 10.1 Å². The zero-order valence-electron chi connectivity index (χ0n) is 21.0. The highest BCUT2D eigenvalue weighted by Gasteiger charge is 2.13. The average molecular weight is 503 g/mol. The van der Waals surface area contributed by atoms with Crippen LogP contribution in [0.1, 0.15) is 77.0 Å². The summed E-state index contributed by atoms with van der Waals surface area (Å²) in [6.45, 7) is 5.06. The number of hydrogen-bond acceptors (Lipinski definition) is 4. The average Bonchev–Trinajstić information content (AvgIpc) is 2.84. The Morgan fingerprint density at radius 2 is 1.20 bits per heavy atom. The molecule has 0 radical (unpaired) electrons. The molecule has 0 amide bonds. The molecule has 0 saturated heterocycles. The first-order valence-corrected chi connectivity index (χ1v) is 14.6. The van der Waals surface area contributed by atoms with E-state index in [1.54, 1.807) is 0 Å². The summed E-state index contributed by atoms with van der Waals surface area (Å²) < 4.78 is 42.7. The Kier molecular flexibility index (Phi) is 14.2. The highest BCUT2D eigenvalue weighted by Crippen LogP contribution is 2.38. The molecule has 0 aliphatic heterocycles. The summed E-state index contributed by atoms with van der Waals surface area (Å²) in [5, 5.41) is 0. The van der Waals surface area contributed by atoms with E-state index in [-0.39, 0.29) is 5.75 Å². The Morgan fingerprint density at radius 1 is 0.686 bits per heavy atom. The maximum Gasteiger partial charge on any atom is 0.264 e. The molecule has 2 aromatic rings. The summed E-state index contributed by atoms with van der Waals surface area (Å²) in [6.07, 6.45) is 14.4. The van der Waals surface area contributed by atoms with Crippen molar-refractivity contribution in [3.63, 3.8) is 0 Å². The third-order valence-electron chi connectivity index (χ3n) is 5.91. The second kappa shape index (κ2) is 17.2. The Balaban J connectivity index is 1.83. The van der Waals surface area contributed by atoms with Crippen LogP contribution in [0, 0.1) is 0 Å². The molecule has 6 heteroatoms. The lowest BCUT2D eigenvalue weighted by molar-refractivity contribution is 0.292. The van der Waals surface area contributed by atoms with Gasteiger partial charge < -0.3 is 9.47 Å². The van der Waals surface area contributed by atoms with E-state index in [2.05, 4.69) is 18.7 Å². The predicted molar refractivity (Wildman–Crippen MR) is 145 cm³/mol. The minimum absolute atomic E-state index is 0.160. The van der Waals surface area contributed by atoms with Gasteiger partial charge in [-0.05, 0) is 49.8 Å². The van der Waals surface area contributed by atoms with Crippen molar-refractivity contribution in [2.24, 2.45) is 0 Å². The molecule has 0 atom stereocenters. The third kappa shape index (κ3) is 12.8. The van der Waals surface area contributed by atoms with Crippen LogP contribution in [0.25, 0.3) is 11.1 Å². The van der Waals surface area contributed by atoms with Crippen molar-refractivity contribution in [3.05, 3.63) is 61.2 Å². The van der Waals surface area contributed by atoms with Crippen molar-refractivity contribution in [2.45, 2.75) is 77.0 Å². The fraction of sp³-hybridized carbons (Fsp3) is 0.517. The Morgan fingerprint density at radius 3 is 1.74 bits per heavy atom. The van der Waals surface area contributed by atoms with Gasteiger partial charge in [-0.15, -0.1) is 6.58 Å². The van der Waals surface area contributed by atoms with Crippen LogP contribution in [-0.4, -0.2) is 31.9 Å². The maximum absolute atomic E-state index is 10.8. The molecule has 1 N–H and O–H groups in total. The van der Waals surface area contributed by atoms with Gasteiger partial charge in [-0.2, -0.15) is 8.42 Å². The Labute approximate surface area is 212 Å². The van der Waals surface area contributed by atoms with E-state index in [9.17, 15) is 8.42 Å². The first-order chi connectivity index (χ1) is 17.0. The van der Waals surface area contributed by atoms with Crippen LogP contribution in [-0.2, 0) is 10.1 Å². The molecule has 5 nitrogen and oxygen atoms in total. The Hall–Kier alpha value is -2.31. The lowest BCUT2D eigenvalue weighted by atomic mass is 10.0. The molecule has 2 aromatic carbocycles. The molecular weight excluding hydrogens is 460 g/mol. The van der Waals surface area contributed by atoms with E-state index in [4.69, 9.17) is 14.0 Å². The molecule has 0 aromatic heterocycles. The van der Waals surface area contributed by atoms with Gasteiger partial charge in [0.15, 0.2) is 0 Å². The van der Waals surface area contributed by atoms with Gasteiger partial charge in [-0.1, -0.05) is 87.4 Å². The first-order valence-electron chi connectivity index (χ1n) is 13.0. The van der Waals surface area contributed by atoms with Crippen LogP contribution in [0.4, 0.5) is 0 Å².